The highest BCUT2D eigenvalue weighted by Crippen LogP contribution is 2.31. The highest BCUT2D eigenvalue weighted by Gasteiger charge is 2.31. The molecular weight excluding hydrogens is 357 g/mol. The number of rotatable bonds is 6. The number of benzene rings is 1. The summed E-state index contributed by atoms with van der Waals surface area (Å²) in [6.45, 7) is 0.975. The van der Waals surface area contributed by atoms with Crippen LogP contribution in [0.15, 0.2) is 27.8 Å². The number of hydrogen-bond acceptors (Lipinski definition) is 5. The third-order valence-electron chi connectivity index (χ3n) is 3.67. The standard InChI is InChI=1S/C16H17F3N2O5/c1-3-26-13(22)9-21-12-8-10(16(17,18)19)4-5-11(12)20(6-7-25-2)14(23)15(21)24/h4-5,8H,3,6-7,9H2,1-2H3. The summed E-state index contributed by atoms with van der Waals surface area (Å²) in [6.07, 6.45) is -4.65. The zero-order chi connectivity index (χ0) is 19.5. The van der Waals surface area contributed by atoms with Gasteiger partial charge in [0.1, 0.15) is 6.54 Å². The van der Waals surface area contributed by atoms with Crippen LogP contribution >= 0.6 is 0 Å². The molecule has 0 radical (unpaired) electrons. The Bertz CT molecular complexity index is 930. The Labute approximate surface area is 145 Å². The summed E-state index contributed by atoms with van der Waals surface area (Å²) < 4.78 is 50.5. The van der Waals surface area contributed by atoms with Crippen molar-refractivity contribution in [2.45, 2.75) is 26.2 Å². The van der Waals surface area contributed by atoms with E-state index < -0.39 is 35.4 Å². The number of fused-ring (bicyclic) bond motifs is 1. The summed E-state index contributed by atoms with van der Waals surface area (Å²) in [5.74, 6) is -0.831. The molecule has 10 heteroatoms. The quantitative estimate of drug-likeness (QED) is 0.564. The van der Waals surface area contributed by atoms with Crippen molar-refractivity contribution in [3.8, 4) is 0 Å². The third kappa shape index (κ3) is 3.96. The minimum Gasteiger partial charge on any atom is -0.465 e. The van der Waals surface area contributed by atoms with Gasteiger partial charge in [-0.15, -0.1) is 0 Å². The predicted octanol–water partition coefficient (Wildman–Crippen LogP) is 1.39. The Hall–Kier alpha value is -2.62. The summed E-state index contributed by atoms with van der Waals surface area (Å²) in [6, 6.07) is 2.64. The number of esters is 1. The van der Waals surface area contributed by atoms with E-state index in [-0.39, 0.29) is 30.8 Å². The van der Waals surface area contributed by atoms with Crippen molar-refractivity contribution in [3.05, 3.63) is 44.5 Å². The average Bonchev–Trinajstić information content (AvgIpc) is 2.58. The van der Waals surface area contributed by atoms with E-state index in [1.54, 1.807) is 6.92 Å². The molecule has 0 unspecified atom stereocenters. The van der Waals surface area contributed by atoms with Gasteiger partial charge in [-0.2, -0.15) is 13.2 Å². The zero-order valence-electron chi connectivity index (χ0n) is 14.1. The van der Waals surface area contributed by atoms with E-state index in [1.165, 1.54) is 7.11 Å². The second kappa shape index (κ2) is 7.73. The molecule has 0 fully saturated rings. The van der Waals surface area contributed by atoms with Crippen molar-refractivity contribution >= 4 is 17.0 Å². The minimum atomic E-state index is -4.65. The van der Waals surface area contributed by atoms with Gasteiger partial charge in [-0.1, -0.05) is 0 Å². The van der Waals surface area contributed by atoms with Crippen LogP contribution in [0.1, 0.15) is 12.5 Å². The molecule has 0 atom stereocenters. The fourth-order valence-corrected chi connectivity index (χ4v) is 2.49. The Morgan fingerprint density at radius 1 is 1.12 bits per heavy atom. The second-order valence-corrected chi connectivity index (χ2v) is 5.35. The van der Waals surface area contributed by atoms with E-state index in [1.807, 2.05) is 0 Å². The molecule has 0 spiro atoms. The summed E-state index contributed by atoms with van der Waals surface area (Å²) in [5, 5.41) is 0. The van der Waals surface area contributed by atoms with Gasteiger partial charge in [0.05, 0.1) is 29.8 Å². The number of methoxy groups -OCH3 is 1. The molecule has 1 aromatic carbocycles. The maximum atomic E-state index is 13.0. The zero-order valence-corrected chi connectivity index (χ0v) is 14.1. The monoisotopic (exact) mass is 374 g/mol. The maximum Gasteiger partial charge on any atom is 0.416 e. The Balaban J connectivity index is 2.78. The molecule has 2 rings (SSSR count). The number of carbonyl (C=O) groups is 1. The van der Waals surface area contributed by atoms with Gasteiger partial charge in [0.15, 0.2) is 0 Å². The van der Waals surface area contributed by atoms with E-state index in [0.29, 0.717) is 4.57 Å². The highest BCUT2D eigenvalue weighted by molar-refractivity contribution is 5.79. The summed E-state index contributed by atoms with van der Waals surface area (Å²) >= 11 is 0. The van der Waals surface area contributed by atoms with Crippen molar-refractivity contribution in [3.63, 3.8) is 0 Å². The average molecular weight is 374 g/mol. The molecule has 26 heavy (non-hydrogen) atoms. The van der Waals surface area contributed by atoms with Crippen molar-refractivity contribution in [2.24, 2.45) is 0 Å². The van der Waals surface area contributed by atoms with Crippen LogP contribution in [0.2, 0.25) is 0 Å². The third-order valence-corrected chi connectivity index (χ3v) is 3.67. The van der Waals surface area contributed by atoms with Crippen molar-refractivity contribution in [1.82, 2.24) is 9.13 Å². The summed E-state index contributed by atoms with van der Waals surface area (Å²) in [7, 11) is 1.39. The molecule has 2 aromatic rings. The van der Waals surface area contributed by atoms with Crippen molar-refractivity contribution in [2.75, 3.05) is 20.3 Å². The van der Waals surface area contributed by atoms with Crippen LogP contribution in [0.3, 0.4) is 0 Å². The Kier molecular flexibility index (Phi) is 5.86. The van der Waals surface area contributed by atoms with E-state index in [2.05, 4.69) is 0 Å². The lowest BCUT2D eigenvalue weighted by Crippen LogP contribution is -2.43. The first-order valence-corrected chi connectivity index (χ1v) is 7.69. The van der Waals surface area contributed by atoms with E-state index in [9.17, 15) is 27.6 Å². The van der Waals surface area contributed by atoms with Gasteiger partial charge in [-0.25, -0.2) is 0 Å². The van der Waals surface area contributed by atoms with Crippen molar-refractivity contribution < 1.29 is 27.4 Å². The minimum absolute atomic E-state index is 0.0211. The van der Waals surface area contributed by atoms with Crippen LogP contribution < -0.4 is 11.1 Å². The molecule has 0 aliphatic rings. The lowest BCUT2D eigenvalue weighted by atomic mass is 10.1. The number of halogens is 3. The first-order valence-electron chi connectivity index (χ1n) is 7.69. The van der Waals surface area contributed by atoms with Gasteiger partial charge in [0, 0.05) is 13.7 Å². The Morgan fingerprint density at radius 3 is 2.35 bits per heavy atom. The number of nitrogens with zero attached hydrogens (tertiary/aromatic N) is 2. The topological polar surface area (TPSA) is 79.5 Å². The van der Waals surface area contributed by atoms with Crippen LogP contribution in [0, 0.1) is 0 Å². The SMILES string of the molecule is CCOC(=O)Cn1c(=O)c(=O)n(CCOC)c2ccc(C(F)(F)F)cc21. The molecule has 142 valence electrons. The van der Waals surface area contributed by atoms with Crippen LogP contribution in [-0.4, -0.2) is 35.4 Å². The normalized spacial score (nSPS) is 11.7. The molecule has 7 nitrogen and oxygen atoms in total. The Morgan fingerprint density at radius 2 is 1.77 bits per heavy atom. The lowest BCUT2D eigenvalue weighted by molar-refractivity contribution is -0.143. The van der Waals surface area contributed by atoms with Gasteiger partial charge in [0.2, 0.25) is 0 Å². The highest BCUT2D eigenvalue weighted by atomic mass is 19.4. The summed E-state index contributed by atoms with van der Waals surface area (Å²) in [5.41, 5.74) is -3.17. The largest absolute Gasteiger partial charge is 0.465 e. The van der Waals surface area contributed by atoms with E-state index in [4.69, 9.17) is 9.47 Å². The maximum absolute atomic E-state index is 13.0. The van der Waals surface area contributed by atoms with E-state index in [0.717, 1.165) is 22.8 Å². The fourth-order valence-electron chi connectivity index (χ4n) is 2.49. The molecule has 0 saturated carbocycles. The first-order chi connectivity index (χ1) is 12.2. The number of aromatic nitrogens is 2. The number of hydrogen-bond donors (Lipinski definition) is 0. The van der Waals surface area contributed by atoms with Crippen LogP contribution in [-0.2, 0) is 33.5 Å². The summed E-state index contributed by atoms with van der Waals surface area (Å²) in [4.78, 5) is 36.4. The van der Waals surface area contributed by atoms with Gasteiger partial charge >= 0.3 is 23.3 Å². The van der Waals surface area contributed by atoms with Gasteiger partial charge in [-0.3, -0.25) is 23.5 Å². The van der Waals surface area contributed by atoms with Crippen LogP contribution in [0.5, 0.6) is 0 Å². The van der Waals surface area contributed by atoms with Crippen molar-refractivity contribution in [1.29, 1.82) is 0 Å². The fraction of sp³-hybridized carbons (Fsp3) is 0.438. The predicted molar refractivity (Wildman–Crippen MR) is 86.0 cm³/mol. The number of alkyl halides is 3. The lowest BCUT2D eigenvalue weighted by Gasteiger charge is -2.16. The molecule has 1 heterocycles. The van der Waals surface area contributed by atoms with Gasteiger partial charge in [-0.05, 0) is 25.1 Å². The smallest absolute Gasteiger partial charge is 0.416 e. The molecule has 0 N–H and O–H groups in total. The first kappa shape index (κ1) is 19.7. The molecular formula is C16H17F3N2O5. The van der Waals surface area contributed by atoms with Crippen LogP contribution in [0.4, 0.5) is 13.2 Å². The van der Waals surface area contributed by atoms with Crippen LogP contribution in [0.25, 0.3) is 11.0 Å². The second-order valence-electron chi connectivity index (χ2n) is 5.35. The molecule has 0 saturated heterocycles. The molecule has 0 bridgehead atoms. The molecule has 1 aromatic heterocycles. The molecule has 0 aliphatic heterocycles. The number of carbonyl (C=O) groups excluding carboxylic acids is 1. The van der Waals surface area contributed by atoms with Gasteiger partial charge in [0.25, 0.3) is 0 Å². The van der Waals surface area contributed by atoms with Gasteiger partial charge < -0.3 is 9.47 Å². The molecule has 0 aliphatic carbocycles. The number of ether oxygens (including phenoxy) is 2. The molecule has 0 amide bonds. The van der Waals surface area contributed by atoms with E-state index >= 15 is 0 Å².